The van der Waals surface area contributed by atoms with E-state index in [0.717, 1.165) is 6.20 Å². The number of benzene rings is 1. The van der Waals surface area contributed by atoms with Crippen LogP contribution in [0.2, 0.25) is 5.02 Å². The first-order valence-corrected chi connectivity index (χ1v) is 5.54. The van der Waals surface area contributed by atoms with Gasteiger partial charge in [-0.25, -0.2) is 22.0 Å². The molecule has 0 atom stereocenters. The first-order valence-electron chi connectivity index (χ1n) is 5.16. The number of hydrogen-bond acceptors (Lipinski definition) is 2. The molecule has 8 heteroatoms. The summed E-state index contributed by atoms with van der Waals surface area (Å²) in [5.41, 5.74) is -1.83. The molecule has 0 radical (unpaired) electrons. The van der Waals surface area contributed by atoms with E-state index in [4.69, 9.17) is 16.7 Å². The normalized spacial score (nSPS) is 10.9. The lowest BCUT2D eigenvalue weighted by molar-refractivity contribution is 0.282. The third-order valence-corrected chi connectivity index (χ3v) is 3.01. The monoisotopic (exact) mass is 309 g/mol. The SMILES string of the molecule is OCc1ccnc(-c2c(F)c(F)c(F)c(F)c2F)c1Cl. The molecule has 2 rings (SSSR count). The van der Waals surface area contributed by atoms with Gasteiger partial charge < -0.3 is 5.11 Å². The molecule has 0 aliphatic heterocycles. The summed E-state index contributed by atoms with van der Waals surface area (Å²) in [6.45, 7) is -0.580. The van der Waals surface area contributed by atoms with Crippen LogP contribution in [0.3, 0.4) is 0 Å². The number of aliphatic hydroxyl groups excluding tert-OH is 1. The fourth-order valence-corrected chi connectivity index (χ4v) is 1.86. The van der Waals surface area contributed by atoms with Gasteiger partial charge >= 0.3 is 0 Å². The van der Waals surface area contributed by atoms with Crippen LogP contribution in [-0.2, 0) is 6.61 Å². The third kappa shape index (κ3) is 2.12. The van der Waals surface area contributed by atoms with E-state index >= 15 is 0 Å². The van der Waals surface area contributed by atoms with Crippen LogP contribution in [0.25, 0.3) is 11.3 Å². The molecule has 1 aromatic heterocycles. The molecule has 2 aromatic rings. The first-order chi connectivity index (χ1) is 9.40. The quantitative estimate of drug-likeness (QED) is 0.522. The maximum atomic E-state index is 13.6. The summed E-state index contributed by atoms with van der Waals surface area (Å²) >= 11 is 5.74. The van der Waals surface area contributed by atoms with Crippen molar-refractivity contribution in [3.63, 3.8) is 0 Å². The Morgan fingerprint density at radius 2 is 1.45 bits per heavy atom. The van der Waals surface area contributed by atoms with Gasteiger partial charge in [-0.3, -0.25) is 4.98 Å². The third-order valence-electron chi connectivity index (χ3n) is 2.59. The molecule has 1 N–H and O–H groups in total. The van der Waals surface area contributed by atoms with Gasteiger partial charge in [0.15, 0.2) is 23.3 Å². The summed E-state index contributed by atoms with van der Waals surface area (Å²) in [7, 11) is 0. The van der Waals surface area contributed by atoms with Gasteiger partial charge in [-0.15, -0.1) is 0 Å². The predicted molar refractivity (Wildman–Crippen MR) is 60.4 cm³/mol. The van der Waals surface area contributed by atoms with Crippen LogP contribution in [-0.4, -0.2) is 10.1 Å². The van der Waals surface area contributed by atoms with E-state index < -0.39 is 52.0 Å². The number of hydrogen-bond donors (Lipinski definition) is 1. The van der Waals surface area contributed by atoms with Gasteiger partial charge in [-0.2, -0.15) is 0 Å². The van der Waals surface area contributed by atoms with Crippen molar-refractivity contribution in [1.82, 2.24) is 4.98 Å². The van der Waals surface area contributed by atoms with Crippen LogP contribution in [0.15, 0.2) is 12.3 Å². The van der Waals surface area contributed by atoms with E-state index in [2.05, 4.69) is 4.98 Å². The van der Waals surface area contributed by atoms with Crippen molar-refractivity contribution in [2.45, 2.75) is 6.61 Å². The molecular weight excluding hydrogens is 305 g/mol. The zero-order valence-corrected chi connectivity index (χ0v) is 10.3. The molecule has 20 heavy (non-hydrogen) atoms. The summed E-state index contributed by atoms with van der Waals surface area (Å²) in [4.78, 5) is 3.51. The number of nitrogens with zero attached hydrogens (tertiary/aromatic N) is 1. The second-order valence-corrected chi connectivity index (χ2v) is 4.11. The number of aliphatic hydroxyl groups is 1. The fraction of sp³-hybridized carbons (Fsp3) is 0.0833. The zero-order chi connectivity index (χ0) is 15.0. The largest absolute Gasteiger partial charge is 0.392 e. The Balaban J connectivity index is 2.84. The second kappa shape index (κ2) is 5.34. The molecule has 0 fully saturated rings. The minimum absolute atomic E-state index is 0.0422. The number of aromatic nitrogens is 1. The predicted octanol–water partition coefficient (Wildman–Crippen LogP) is 3.59. The van der Waals surface area contributed by atoms with Gasteiger partial charge in [0.25, 0.3) is 0 Å². The highest BCUT2D eigenvalue weighted by atomic mass is 35.5. The van der Waals surface area contributed by atoms with Crippen LogP contribution in [0.1, 0.15) is 5.56 Å². The van der Waals surface area contributed by atoms with Gasteiger partial charge in [0, 0.05) is 6.20 Å². The van der Waals surface area contributed by atoms with Gasteiger partial charge in [-0.05, 0) is 11.6 Å². The van der Waals surface area contributed by atoms with Gasteiger partial charge in [-0.1, -0.05) is 11.6 Å². The number of pyridine rings is 1. The summed E-state index contributed by atoms with van der Waals surface area (Å²) in [5.74, 6) is -10.5. The van der Waals surface area contributed by atoms with Crippen molar-refractivity contribution in [2.75, 3.05) is 0 Å². The van der Waals surface area contributed by atoms with Crippen molar-refractivity contribution in [3.05, 3.63) is 51.9 Å². The average Bonchev–Trinajstić information content (AvgIpc) is 2.45. The van der Waals surface area contributed by atoms with E-state index in [-0.39, 0.29) is 5.56 Å². The average molecular weight is 310 g/mol. The van der Waals surface area contributed by atoms with Crippen LogP contribution in [0, 0.1) is 29.1 Å². The Morgan fingerprint density at radius 1 is 0.950 bits per heavy atom. The molecule has 1 aromatic carbocycles. The lowest BCUT2D eigenvalue weighted by atomic mass is 10.1. The molecule has 106 valence electrons. The van der Waals surface area contributed by atoms with Crippen molar-refractivity contribution in [3.8, 4) is 11.3 Å². The van der Waals surface area contributed by atoms with Crippen LogP contribution >= 0.6 is 11.6 Å². The van der Waals surface area contributed by atoms with Gasteiger partial charge in [0.05, 0.1) is 22.9 Å². The highest BCUT2D eigenvalue weighted by Crippen LogP contribution is 2.35. The van der Waals surface area contributed by atoms with E-state index in [1.807, 2.05) is 0 Å². The van der Waals surface area contributed by atoms with Crippen LogP contribution < -0.4 is 0 Å². The molecule has 0 aliphatic rings. The molecule has 0 bridgehead atoms. The second-order valence-electron chi connectivity index (χ2n) is 3.74. The Labute approximate surface area is 114 Å². The Morgan fingerprint density at radius 3 is 1.95 bits per heavy atom. The summed E-state index contributed by atoms with van der Waals surface area (Å²) < 4.78 is 66.4. The topological polar surface area (TPSA) is 33.1 Å². The molecule has 0 saturated heterocycles. The molecular formula is C12H5ClF5NO. The van der Waals surface area contributed by atoms with Crippen molar-refractivity contribution < 1.29 is 27.1 Å². The fourth-order valence-electron chi connectivity index (χ4n) is 1.59. The van der Waals surface area contributed by atoms with Crippen LogP contribution in [0.4, 0.5) is 22.0 Å². The maximum absolute atomic E-state index is 13.6. The zero-order valence-electron chi connectivity index (χ0n) is 9.52. The number of rotatable bonds is 2. The molecule has 0 saturated carbocycles. The minimum Gasteiger partial charge on any atom is -0.392 e. The lowest BCUT2D eigenvalue weighted by Crippen LogP contribution is -2.05. The maximum Gasteiger partial charge on any atom is 0.200 e. The molecule has 1 heterocycles. The standard InChI is InChI=1S/C12H5ClF5NO/c13-6-4(3-20)1-2-19-12(6)5-7(14)9(16)11(18)10(17)8(5)15/h1-2,20H,3H2. The van der Waals surface area contributed by atoms with E-state index in [0.29, 0.717) is 0 Å². The molecule has 0 spiro atoms. The van der Waals surface area contributed by atoms with E-state index in [1.54, 1.807) is 0 Å². The van der Waals surface area contributed by atoms with E-state index in [1.165, 1.54) is 6.07 Å². The first kappa shape index (κ1) is 14.7. The Hall–Kier alpha value is -1.73. The number of halogens is 6. The van der Waals surface area contributed by atoms with Crippen molar-refractivity contribution in [1.29, 1.82) is 0 Å². The smallest absolute Gasteiger partial charge is 0.200 e. The molecule has 0 amide bonds. The summed E-state index contributed by atoms with van der Waals surface area (Å²) in [6.07, 6.45) is 1.03. The van der Waals surface area contributed by atoms with Crippen molar-refractivity contribution in [2.24, 2.45) is 0 Å². The highest BCUT2D eigenvalue weighted by molar-refractivity contribution is 6.33. The summed E-state index contributed by atoms with van der Waals surface area (Å²) in [5, 5.41) is 8.58. The van der Waals surface area contributed by atoms with Gasteiger partial charge in [0.2, 0.25) is 5.82 Å². The van der Waals surface area contributed by atoms with Gasteiger partial charge in [0.1, 0.15) is 0 Å². The lowest BCUT2D eigenvalue weighted by Gasteiger charge is -2.10. The summed E-state index contributed by atoms with van der Waals surface area (Å²) in [6, 6.07) is 1.25. The van der Waals surface area contributed by atoms with Crippen molar-refractivity contribution >= 4 is 11.6 Å². The highest BCUT2D eigenvalue weighted by Gasteiger charge is 2.28. The Kier molecular flexibility index (Phi) is 3.92. The molecule has 0 aliphatic carbocycles. The molecule has 2 nitrogen and oxygen atoms in total. The van der Waals surface area contributed by atoms with Crippen LogP contribution in [0.5, 0.6) is 0 Å². The molecule has 0 unspecified atom stereocenters. The minimum atomic E-state index is -2.27. The Bertz CT molecular complexity index is 663. The van der Waals surface area contributed by atoms with E-state index in [9.17, 15) is 22.0 Å².